The Bertz CT molecular complexity index is 728. The summed E-state index contributed by atoms with van der Waals surface area (Å²) < 4.78 is 7.72. The normalized spacial score (nSPS) is 23.5. The van der Waals surface area contributed by atoms with Crippen LogP contribution >= 0.6 is 0 Å². The van der Waals surface area contributed by atoms with Crippen molar-refractivity contribution in [2.45, 2.75) is 38.5 Å². The Hall–Kier alpha value is -2.41. The van der Waals surface area contributed by atoms with Crippen LogP contribution in [0.3, 0.4) is 0 Å². The number of para-hydroxylation sites is 1. The number of amides is 2. The summed E-state index contributed by atoms with van der Waals surface area (Å²) in [6.45, 7) is 3.67. The number of nitrogens with one attached hydrogen (secondary N) is 1. The molecular weight excluding hydrogens is 318 g/mol. The summed E-state index contributed by atoms with van der Waals surface area (Å²) in [5.74, 6) is 1.33. The van der Waals surface area contributed by atoms with Crippen molar-refractivity contribution >= 4 is 6.03 Å². The van der Waals surface area contributed by atoms with E-state index in [1.54, 1.807) is 4.68 Å². The molecule has 7 heteroatoms. The smallest absolute Gasteiger partial charge is 0.317 e. The van der Waals surface area contributed by atoms with E-state index in [1.165, 1.54) is 19.2 Å². The third-order valence-corrected chi connectivity index (χ3v) is 4.74. The van der Waals surface area contributed by atoms with E-state index in [-0.39, 0.29) is 18.2 Å². The van der Waals surface area contributed by atoms with Crippen molar-refractivity contribution in [3.63, 3.8) is 0 Å². The second-order valence-electron chi connectivity index (χ2n) is 6.81. The van der Waals surface area contributed by atoms with Gasteiger partial charge in [-0.1, -0.05) is 18.2 Å². The molecule has 1 aromatic carbocycles. The van der Waals surface area contributed by atoms with Gasteiger partial charge in [0.1, 0.15) is 6.33 Å². The highest BCUT2D eigenvalue weighted by Crippen LogP contribution is 2.36. The molecule has 1 saturated heterocycles. The molecule has 1 aromatic heterocycles. The Balaban J connectivity index is 1.38. The van der Waals surface area contributed by atoms with Gasteiger partial charge in [0, 0.05) is 13.1 Å². The maximum absolute atomic E-state index is 12.6. The van der Waals surface area contributed by atoms with E-state index in [1.807, 2.05) is 42.2 Å². The zero-order valence-corrected chi connectivity index (χ0v) is 14.3. The molecule has 132 valence electrons. The molecular formula is C18H23N5O2. The van der Waals surface area contributed by atoms with Gasteiger partial charge in [0.05, 0.1) is 24.4 Å². The van der Waals surface area contributed by atoms with Crippen molar-refractivity contribution in [3.8, 4) is 5.69 Å². The van der Waals surface area contributed by atoms with Crippen LogP contribution in [0.25, 0.3) is 5.69 Å². The Morgan fingerprint density at radius 3 is 2.84 bits per heavy atom. The van der Waals surface area contributed by atoms with Gasteiger partial charge in [0.15, 0.2) is 5.82 Å². The molecule has 4 rings (SSSR count). The molecule has 1 saturated carbocycles. The summed E-state index contributed by atoms with van der Waals surface area (Å²) in [5.41, 5.74) is 0.929. The monoisotopic (exact) mass is 341 g/mol. The van der Waals surface area contributed by atoms with Gasteiger partial charge in [-0.25, -0.2) is 14.5 Å². The van der Waals surface area contributed by atoms with E-state index >= 15 is 0 Å². The van der Waals surface area contributed by atoms with E-state index in [9.17, 15) is 4.79 Å². The highest BCUT2D eigenvalue weighted by Gasteiger charge is 2.38. The lowest BCUT2D eigenvalue weighted by molar-refractivity contribution is -0.0731. The van der Waals surface area contributed by atoms with Gasteiger partial charge in [-0.3, -0.25) is 0 Å². The van der Waals surface area contributed by atoms with Crippen LogP contribution < -0.4 is 5.32 Å². The van der Waals surface area contributed by atoms with Crippen molar-refractivity contribution < 1.29 is 9.53 Å². The number of carbonyl (C=O) groups is 1. The van der Waals surface area contributed by atoms with Crippen molar-refractivity contribution in [3.05, 3.63) is 42.5 Å². The van der Waals surface area contributed by atoms with Gasteiger partial charge in [0.2, 0.25) is 0 Å². The van der Waals surface area contributed by atoms with Crippen molar-refractivity contribution in [1.82, 2.24) is 25.0 Å². The second kappa shape index (κ2) is 6.84. The van der Waals surface area contributed by atoms with E-state index < -0.39 is 0 Å². The summed E-state index contributed by atoms with van der Waals surface area (Å²) in [6.07, 6.45) is 4.20. The van der Waals surface area contributed by atoms with Crippen LogP contribution in [0.15, 0.2) is 36.7 Å². The number of benzene rings is 1. The van der Waals surface area contributed by atoms with Gasteiger partial charge >= 0.3 is 6.03 Å². The van der Waals surface area contributed by atoms with Crippen LogP contribution in [-0.2, 0) is 11.3 Å². The van der Waals surface area contributed by atoms with Crippen LogP contribution in [0, 0.1) is 5.92 Å². The first-order valence-corrected chi connectivity index (χ1v) is 8.83. The first kappa shape index (κ1) is 16.1. The third-order valence-electron chi connectivity index (χ3n) is 4.74. The summed E-state index contributed by atoms with van der Waals surface area (Å²) in [7, 11) is 0. The fourth-order valence-corrected chi connectivity index (χ4v) is 3.32. The van der Waals surface area contributed by atoms with Gasteiger partial charge < -0.3 is 15.0 Å². The molecule has 2 fully saturated rings. The highest BCUT2D eigenvalue weighted by atomic mass is 16.5. The standard InChI is InChI=1S/C18H23N5O2/c1-13-10-22(11-16(25-13)14-7-8-14)18(24)19-9-17-20-12-21-23(17)15-5-3-2-4-6-15/h2-6,12-14,16H,7-11H2,1H3,(H,19,24). The van der Waals surface area contributed by atoms with Crippen molar-refractivity contribution in [1.29, 1.82) is 0 Å². The molecule has 2 amide bonds. The zero-order valence-electron chi connectivity index (χ0n) is 14.3. The molecule has 0 spiro atoms. The number of rotatable bonds is 4. The number of hydrogen-bond acceptors (Lipinski definition) is 4. The summed E-state index contributed by atoms with van der Waals surface area (Å²) in [4.78, 5) is 18.7. The number of morpholine rings is 1. The van der Waals surface area contributed by atoms with Crippen molar-refractivity contribution in [2.24, 2.45) is 5.92 Å². The maximum Gasteiger partial charge on any atom is 0.317 e. The molecule has 2 heterocycles. The summed E-state index contributed by atoms with van der Waals surface area (Å²) >= 11 is 0. The Morgan fingerprint density at radius 2 is 2.08 bits per heavy atom. The molecule has 0 bridgehead atoms. The topological polar surface area (TPSA) is 72.3 Å². The minimum absolute atomic E-state index is 0.0663. The lowest BCUT2D eigenvalue weighted by Crippen LogP contribution is -2.52. The first-order valence-electron chi connectivity index (χ1n) is 8.83. The minimum Gasteiger partial charge on any atom is -0.371 e. The zero-order chi connectivity index (χ0) is 17.2. The van der Waals surface area contributed by atoms with Gasteiger partial charge in [-0.05, 0) is 37.8 Å². The van der Waals surface area contributed by atoms with E-state index in [0.29, 0.717) is 31.4 Å². The Labute approximate surface area is 147 Å². The fraction of sp³-hybridized carbons (Fsp3) is 0.500. The van der Waals surface area contributed by atoms with E-state index in [2.05, 4.69) is 15.4 Å². The largest absolute Gasteiger partial charge is 0.371 e. The first-order chi connectivity index (χ1) is 12.2. The summed E-state index contributed by atoms with van der Waals surface area (Å²) in [6, 6.07) is 9.72. The van der Waals surface area contributed by atoms with Crippen LogP contribution in [-0.4, -0.2) is 51.0 Å². The van der Waals surface area contributed by atoms with Crippen LogP contribution in [0.4, 0.5) is 4.79 Å². The molecule has 1 aliphatic carbocycles. The minimum atomic E-state index is -0.0663. The van der Waals surface area contributed by atoms with Gasteiger partial charge in [0.25, 0.3) is 0 Å². The lowest BCUT2D eigenvalue weighted by Gasteiger charge is -2.37. The SMILES string of the molecule is CC1CN(C(=O)NCc2ncnn2-c2ccccc2)CC(C2CC2)O1. The molecule has 2 aromatic rings. The van der Waals surface area contributed by atoms with Crippen LogP contribution in [0.2, 0.25) is 0 Å². The lowest BCUT2D eigenvalue weighted by atomic mass is 10.1. The third kappa shape index (κ3) is 3.66. The predicted molar refractivity (Wildman–Crippen MR) is 92.2 cm³/mol. The molecule has 1 N–H and O–H groups in total. The van der Waals surface area contributed by atoms with Crippen molar-refractivity contribution in [2.75, 3.05) is 13.1 Å². The molecule has 2 unspecified atom stereocenters. The van der Waals surface area contributed by atoms with E-state index in [0.717, 1.165) is 5.69 Å². The van der Waals surface area contributed by atoms with Gasteiger partial charge in [-0.2, -0.15) is 5.10 Å². The number of aromatic nitrogens is 3. The number of ether oxygens (including phenoxy) is 1. The van der Waals surface area contributed by atoms with Crippen LogP contribution in [0.5, 0.6) is 0 Å². The maximum atomic E-state index is 12.6. The summed E-state index contributed by atoms with van der Waals surface area (Å²) in [5, 5.41) is 7.23. The average Bonchev–Trinajstić information content (AvgIpc) is 3.38. The van der Waals surface area contributed by atoms with Gasteiger partial charge in [-0.15, -0.1) is 0 Å². The number of nitrogens with zero attached hydrogens (tertiary/aromatic N) is 4. The molecule has 2 aliphatic rings. The number of urea groups is 1. The molecule has 7 nitrogen and oxygen atoms in total. The molecule has 2 atom stereocenters. The Morgan fingerprint density at radius 1 is 1.28 bits per heavy atom. The van der Waals surface area contributed by atoms with Crippen LogP contribution in [0.1, 0.15) is 25.6 Å². The molecule has 25 heavy (non-hydrogen) atoms. The quantitative estimate of drug-likeness (QED) is 0.923. The predicted octanol–water partition coefficient (Wildman–Crippen LogP) is 1.98. The number of carbonyl (C=O) groups excluding carboxylic acids is 1. The molecule has 1 aliphatic heterocycles. The number of hydrogen-bond donors (Lipinski definition) is 1. The van der Waals surface area contributed by atoms with E-state index in [4.69, 9.17) is 4.74 Å². The Kier molecular flexibility index (Phi) is 4.40. The average molecular weight is 341 g/mol. The fourth-order valence-electron chi connectivity index (χ4n) is 3.32. The second-order valence-corrected chi connectivity index (χ2v) is 6.81. The highest BCUT2D eigenvalue weighted by molar-refractivity contribution is 5.74. The molecule has 0 radical (unpaired) electrons.